The van der Waals surface area contributed by atoms with E-state index in [-0.39, 0.29) is 36.0 Å². The summed E-state index contributed by atoms with van der Waals surface area (Å²) in [4.78, 5) is 11.8. The van der Waals surface area contributed by atoms with Gasteiger partial charge in [-0.15, -0.1) is 12.4 Å². The Kier molecular flexibility index (Phi) is 7.45. The van der Waals surface area contributed by atoms with Crippen LogP contribution in [0.2, 0.25) is 0 Å². The van der Waals surface area contributed by atoms with Crippen molar-refractivity contribution in [1.82, 2.24) is 0 Å². The molecule has 0 aliphatic heterocycles. The van der Waals surface area contributed by atoms with Crippen LogP contribution in [0.25, 0.3) is 0 Å². The molecule has 114 valence electrons. The maximum atomic E-state index is 12.2. The number of amides is 1. The average molecular weight is 309 g/mol. The number of nitrogens with two attached hydrogens (primary N) is 1. The number of nitrogens with one attached hydrogen (secondary N) is 1. The monoisotopic (exact) mass is 308 g/mol. The third kappa shape index (κ3) is 5.30. The fourth-order valence-corrected chi connectivity index (χ4v) is 1.40. The Balaban J connectivity index is 0.00000361. The first kappa shape index (κ1) is 18.6. The number of hydrogen-bond acceptors (Lipinski definition) is 3. The molecular weight excluding hydrogens is 290 g/mol. The number of carbonyl (C=O) groups excluding carboxylic acids is 1. The molecule has 4 nitrogen and oxygen atoms in total. The summed E-state index contributed by atoms with van der Waals surface area (Å²) in [5.74, 6) is -0.594. The van der Waals surface area contributed by atoms with E-state index in [4.69, 9.17) is 5.73 Å². The predicted molar refractivity (Wildman–Crippen MR) is 76.5 cm³/mol. The van der Waals surface area contributed by atoms with Crippen molar-refractivity contribution in [2.24, 2.45) is 11.7 Å². The van der Waals surface area contributed by atoms with Crippen LogP contribution in [0.4, 0.5) is 14.5 Å². The second-order valence-corrected chi connectivity index (χ2v) is 4.50. The Bertz CT molecular complexity index is 456. The molecule has 1 aromatic rings. The van der Waals surface area contributed by atoms with Gasteiger partial charge < -0.3 is 15.8 Å². The number of ether oxygens (including phenoxy) is 1. The van der Waals surface area contributed by atoms with Gasteiger partial charge in [0.25, 0.3) is 0 Å². The van der Waals surface area contributed by atoms with Gasteiger partial charge in [0.2, 0.25) is 5.91 Å². The minimum Gasteiger partial charge on any atom is -0.434 e. The van der Waals surface area contributed by atoms with Gasteiger partial charge in [0.15, 0.2) is 0 Å². The van der Waals surface area contributed by atoms with E-state index in [0.29, 0.717) is 11.3 Å². The maximum Gasteiger partial charge on any atom is 0.387 e. The van der Waals surface area contributed by atoms with Crippen molar-refractivity contribution < 1.29 is 18.3 Å². The molecule has 20 heavy (non-hydrogen) atoms. The second kappa shape index (κ2) is 8.01. The largest absolute Gasteiger partial charge is 0.434 e. The molecule has 0 radical (unpaired) electrons. The number of hydrogen-bond donors (Lipinski definition) is 2. The van der Waals surface area contributed by atoms with Crippen LogP contribution < -0.4 is 15.8 Å². The number of aryl methyl sites for hydroxylation is 1. The summed E-state index contributed by atoms with van der Waals surface area (Å²) >= 11 is 0. The van der Waals surface area contributed by atoms with Gasteiger partial charge in [-0.05, 0) is 25.5 Å². The molecule has 2 atom stereocenters. The zero-order chi connectivity index (χ0) is 14.6. The molecule has 0 saturated heterocycles. The Labute approximate surface area is 123 Å². The van der Waals surface area contributed by atoms with Gasteiger partial charge in [-0.25, -0.2) is 0 Å². The number of carbonyl (C=O) groups is 1. The fraction of sp³-hybridized carbons (Fsp3) is 0.462. The molecule has 1 amide bonds. The summed E-state index contributed by atoms with van der Waals surface area (Å²) in [6.07, 6.45) is 0. The van der Waals surface area contributed by atoms with Crippen LogP contribution in [-0.4, -0.2) is 18.6 Å². The van der Waals surface area contributed by atoms with E-state index in [1.54, 1.807) is 32.9 Å². The second-order valence-electron chi connectivity index (χ2n) is 4.50. The van der Waals surface area contributed by atoms with Gasteiger partial charge in [0, 0.05) is 17.8 Å². The van der Waals surface area contributed by atoms with E-state index in [0.717, 1.165) is 0 Å². The molecule has 3 N–H and O–H groups in total. The first-order chi connectivity index (χ1) is 8.81. The fourth-order valence-electron chi connectivity index (χ4n) is 1.40. The SMILES string of the molecule is Cc1ccc(NC(=O)C(C)C(C)N)cc1OC(F)F.Cl. The lowest BCUT2D eigenvalue weighted by Crippen LogP contribution is -2.34. The first-order valence-corrected chi connectivity index (χ1v) is 5.93. The van der Waals surface area contributed by atoms with E-state index >= 15 is 0 Å². The van der Waals surface area contributed by atoms with E-state index in [1.165, 1.54) is 6.07 Å². The zero-order valence-corrected chi connectivity index (χ0v) is 12.3. The Morgan fingerprint density at radius 3 is 2.45 bits per heavy atom. The summed E-state index contributed by atoms with van der Waals surface area (Å²) in [6, 6.07) is 4.30. The van der Waals surface area contributed by atoms with E-state index in [9.17, 15) is 13.6 Å². The topological polar surface area (TPSA) is 64.4 Å². The van der Waals surface area contributed by atoms with Crippen molar-refractivity contribution in [3.63, 3.8) is 0 Å². The minimum absolute atomic E-state index is 0. The molecule has 7 heteroatoms. The molecule has 0 fully saturated rings. The smallest absolute Gasteiger partial charge is 0.387 e. The number of benzene rings is 1. The van der Waals surface area contributed by atoms with Crippen molar-refractivity contribution in [2.45, 2.75) is 33.4 Å². The molecule has 2 unspecified atom stereocenters. The molecule has 1 aromatic carbocycles. The molecule has 0 aliphatic carbocycles. The Hall–Kier alpha value is -1.40. The van der Waals surface area contributed by atoms with E-state index in [1.807, 2.05) is 0 Å². The van der Waals surface area contributed by atoms with Crippen LogP contribution in [0.3, 0.4) is 0 Å². The van der Waals surface area contributed by atoms with Crippen LogP contribution >= 0.6 is 12.4 Å². The van der Waals surface area contributed by atoms with Crippen molar-refractivity contribution in [3.8, 4) is 5.75 Å². The lowest BCUT2D eigenvalue weighted by atomic mass is 10.0. The predicted octanol–water partition coefficient (Wildman–Crippen LogP) is 2.94. The highest BCUT2D eigenvalue weighted by atomic mass is 35.5. The van der Waals surface area contributed by atoms with Crippen LogP contribution in [-0.2, 0) is 4.79 Å². The first-order valence-electron chi connectivity index (χ1n) is 5.93. The van der Waals surface area contributed by atoms with Gasteiger partial charge in [0.05, 0.1) is 5.92 Å². The van der Waals surface area contributed by atoms with Gasteiger partial charge in [-0.3, -0.25) is 4.79 Å². The van der Waals surface area contributed by atoms with Crippen LogP contribution in [0.15, 0.2) is 18.2 Å². The Morgan fingerprint density at radius 2 is 1.95 bits per heavy atom. The molecule has 0 spiro atoms. The normalized spacial score (nSPS) is 13.3. The minimum atomic E-state index is -2.90. The summed E-state index contributed by atoms with van der Waals surface area (Å²) in [7, 11) is 0. The molecular formula is C13H19ClF2N2O2. The Morgan fingerprint density at radius 1 is 1.35 bits per heavy atom. The number of alkyl halides is 2. The quantitative estimate of drug-likeness (QED) is 0.879. The lowest BCUT2D eigenvalue weighted by Gasteiger charge is -2.16. The number of anilines is 1. The van der Waals surface area contributed by atoms with Gasteiger partial charge in [-0.2, -0.15) is 8.78 Å². The third-order valence-corrected chi connectivity index (χ3v) is 2.87. The molecule has 0 aromatic heterocycles. The number of halogens is 3. The van der Waals surface area contributed by atoms with Gasteiger partial charge in [-0.1, -0.05) is 13.0 Å². The summed E-state index contributed by atoms with van der Waals surface area (Å²) < 4.78 is 28.8. The van der Waals surface area contributed by atoms with Crippen LogP contribution in [0.5, 0.6) is 5.75 Å². The maximum absolute atomic E-state index is 12.2. The summed E-state index contributed by atoms with van der Waals surface area (Å²) in [5.41, 5.74) is 6.60. The van der Waals surface area contributed by atoms with Crippen molar-refractivity contribution in [2.75, 3.05) is 5.32 Å². The molecule has 0 bridgehead atoms. The summed E-state index contributed by atoms with van der Waals surface area (Å²) in [6.45, 7) is 2.18. The number of rotatable bonds is 5. The van der Waals surface area contributed by atoms with E-state index in [2.05, 4.69) is 10.1 Å². The lowest BCUT2D eigenvalue weighted by molar-refractivity contribution is -0.119. The molecule has 0 aliphatic rings. The highest BCUT2D eigenvalue weighted by Crippen LogP contribution is 2.24. The molecule has 0 heterocycles. The molecule has 1 rings (SSSR count). The van der Waals surface area contributed by atoms with Crippen LogP contribution in [0, 0.1) is 12.8 Å². The van der Waals surface area contributed by atoms with E-state index < -0.39 is 6.61 Å². The third-order valence-electron chi connectivity index (χ3n) is 2.87. The zero-order valence-electron chi connectivity index (χ0n) is 11.5. The average Bonchev–Trinajstić information content (AvgIpc) is 2.31. The standard InChI is InChI=1S/C13H18F2N2O2.ClH/c1-7-4-5-10(6-11(7)19-13(14)15)17-12(18)8(2)9(3)16;/h4-6,8-9,13H,16H2,1-3H3,(H,17,18);1H. The summed E-state index contributed by atoms with van der Waals surface area (Å²) in [5, 5.41) is 2.62. The van der Waals surface area contributed by atoms with Gasteiger partial charge in [0.1, 0.15) is 5.75 Å². The van der Waals surface area contributed by atoms with Crippen LogP contribution in [0.1, 0.15) is 19.4 Å². The van der Waals surface area contributed by atoms with Crippen molar-refractivity contribution in [3.05, 3.63) is 23.8 Å². The highest BCUT2D eigenvalue weighted by Gasteiger charge is 2.17. The molecule has 0 saturated carbocycles. The van der Waals surface area contributed by atoms with Gasteiger partial charge >= 0.3 is 6.61 Å². The highest BCUT2D eigenvalue weighted by molar-refractivity contribution is 5.93. The van der Waals surface area contributed by atoms with Crippen molar-refractivity contribution in [1.29, 1.82) is 0 Å². The van der Waals surface area contributed by atoms with Crippen molar-refractivity contribution >= 4 is 24.0 Å².